The van der Waals surface area contributed by atoms with E-state index in [2.05, 4.69) is 64.7 Å². The molecule has 148 valence electrons. The van der Waals surface area contributed by atoms with E-state index in [-0.39, 0.29) is 24.0 Å². The van der Waals surface area contributed by atoms with Gasteiger partial charge in [0.2, 0.25) is 0 Å². The number of benzene rings is 1. The maximum Gasteiger partial charge on any atom is 0.191 e. The molecule has 0 bridgehead atoms. The van der Waals surface area contributed by atoms with Crippen molar-refractivity contribution in [2.45, 2.75) is 52.0 Å². The third kappa shape index (κ3) is 8.71. The number of hydrogen-bond acceptors (Lipinski definition) is 2. The lowest BCUT2D eigenvalue weighted by molar-refractivity contribution is 0.187. The number of nitrogens with one attached hydrogen (secondary N) is 2. The van der Waals surface area contributed by atoms with Gasteiger partial charge in [-0.05, 0) is 70.1 Å². The highest BCUT2D eigenvalue weighted by atomic mass is 127. The number of nitrogens with zero attached hydrogens (tertiary/aromatic N) is 2. The average Bonchev–Trinajstić information content (AvgIpc) is 2.67. The predicted molar refractivity (Wildman–Crippen MR) is 124 cm³/mol. The summed E-state index contributed by atoms with van der Waals surface area (Å²) in [7, 11) is 1.86. The van der Waals surface area contributed by atoms with E-state index in [1.54, 1.807) is 0 Å². The lowest BCUT2D eigenvalue weighted by atomic mass is 9.93. The standard InChI is InChI=1S/C21H36N4.HI/c1-4-25-16-13-20(14-17-25)12-15-23-21(22-3)24-18(2)10-11-19-8-6-5-7-9-19;/h5-9,18,20H,4,10-17H2,1-3H3,(H2,22,23,24);1H. The second kappa shape index (κ2) is 13.4. The quantitative estimate of drug-likeness (QED) is 0.343. The van der Waals surface area contributed by atoms with Gasteiger partial charge in [0, 0.05) is 19.6 Å². The average molecular weight is 472 g/mol. The Bertz CT molecular complexity index is 498. The normalized spacial score (nSPS) is 17.4. The van der Waals surface area contributed by atoms with E-state index in [9.17, 15) is 0 Å². The van der Waals surface area contributed by atoms with Gasteiger partial charge in [0.25, 0.3) is 0 Å². The number of rotatable bonds is 8. The van der Waals surface area contributed by atoms with Gasteiger partial charge in [-0.3, -0.25) is 4.99 Å². The molecule has 5 heteroatoms. The summed E-state index contributed by atoms with van der Waals surface area (Å²) >= 11 is 0. The largest absolute Gasteiger partial charge is 0.356 e. The molecule has 1 heterocycles. The van der Waals surface area contributed by atoms with Crippen LogP contribution in [0.4, 0.5) is 0 Å². The van der Waals surface area contributed by atoms with Crippen molar-refractivity contribution >= 4 is 29.9 Å². The molecule has 1 fully saturated rings. The van der Waals surface area contributed by atoms with Gasteiger partial charge in [-0.15, -0.1) is 24.0 Å². The van der Waals surface area contributed by atoms with Gasteiger partial charge in [0.15, 0.2) is 5.96 Å². The first-order valence-electron chi connectivity index (χ1n) is 9.94. The number of guanidine groups is 1. The number of aryl methyl sites for hydroxylation is 1. The number of hydrogen-bond donors (Lipinski definition) is 2. The molecule has 4 nitrogen and oxygen atoms in total. The zero-order valence-electron chi connectivity index (χ0n) is 16.7. The fraction of sp³-hybridized carbons (Fsp3) is 0.667. The molecule has 1 atom stereocenters. The molecule has 1 unspecified atom stereocenters. The molecule has 0 radical (unpaired) electrons. The van der Waals surface area contributed by atoms with E-state index in [0.29, 0.717) is 6.04 Å². The highest BCUT2D eigenvalue weighted by Crippen LogP contribution is 2.19. The highest BCUT2D eigenvalue weighted by molar-refractivity contribution is 14.0. The lowest BCUT2D eigenvalue weighted by Gasteiger charge is -2.31. The number of likely N-dealkylation sites (tertiary alicyclic amines) is 1. The zero-order valence-corrected chi connectivity index (χ0v) is 19.0. The molecular formula is C21H37IN4. The molecule has 0 amide bonds. The Balaban J connectivity index is 0.00000338. The SMILES string of the molecule is CCN1CCC(CCNC(=NC)NC(C)CCc2ccccc2)CC1.I. The zero-order chi connectivity index (χ0) is 17.9. The highest BCUT2D eigenvalue weighted by Gasteiger charge is 2.17. The molecule has 0 aromatic heterocycles. The van der Waals surface area contributed by atoms with Crippen molar-refractivity contribution < 1.29 is 0 Å². The number of halogens is 1. The monoisotopic (exact) mass is 472 g/mol. The van der Waals surface area contributed by atoms with E-state index in [0.717, 1.165) is 31.3 Å². The second-order valence-corrected chi connectivity index (χ2v) is 7.23. The summed E-state index contributed by atoms with van der Waals surface area (Å²) in [5.41, 5.74) is 1.40. The van der Waals surface area contributed by atoms with Gasteiger partial charge in [-0.1, -0.05) is 37.3 Å². The van der Waals surface area contributed by atoms with E-state index in [4.69, 9.17) is 0 Å². The molecule has 1 aromatic carbocycles. The van der Waals surface area contributed by atoms with Crippen molar-refractivity contribution in [1.29, 1.82) is 0 Å². The lowest BCUT2D eigenvalue weighted by Crippen LogP contribution is -2.43. The van der Waals surface area contributed by atoms with E-state index in [1.807, 2.05) is 7.05 Å². The van der Waals surface area contributed by atoms with Gasteiger partial charge in [-0.2, -0.15) is 0 Å². The van der Waals surface area contributed by atoms with Crippen molar-refractivity contribution in [3.8, 4) is 0 Å². The van der Waals surface area contributed by atoms with Crippen LogP contribution in [-0.2, 0) is 6.42 Å². The topological polar surface area (TPSA) is 39.7 Å². The minimum atomic E-state index is 0. The third-order valence-corrected chi connectivity index (χ3v) is 5.31. The minimum absolute atomic E-state index is 0. The molecule has 2 rings (SSSR count). The van der Waals surface area contributed by atoms with Crippen molar-refractivity contribution in [2.24, 2.45) is 10.9 Å². The summed E-state index contributed by atoms with van der Waals surface area (Å²) in [5, 5.41) is 7.02. The van der Waals surface area contributed by atoms with Crippen LogP contribution in [0.2, 0.25) is 0 Å². The molecule has 26 heavy (non-hydrogen) atoms. The first-order chi connectivity index (χ1) is 12.2. The predicted octanol–water partition coefficient (Wildman–Crippen LogP) is 3.91. The maximum absolute atomic E-state index is 4.38. The Kier molecular flexibility index (Phi) is 11.9. The smallest absolute Gasteiger partial charge is 0.191 e. The van der Waals surface area contributed by atoms with Crippen molar-refractivity contribution in [3.05, 3.63) is 35.9 Å². The molecule has 1 aromatic rings. The Labute approximate surface area is 177 Å². The van der Waals surface area contributed by atoms with Gasteiger partial charge in [-0.25, -0.2) is 0 Å². The van der Waals surface area contributed by atoms with Crippen LogP contribution in [0.25, 0.3) is 0 Å². The number of piperidine rings is 1. The summed E-state index contributed by atoms with van der Waals surface area (Å²) in [6, 6.07) is 11.1. The number of aliphatic imine (C=N–C) groups is 1. The Morgan fingerprint density at radius 1 is 1.23 bits per heavy atom. The van der Waals surface area contributed by atoms with Crippen molar-refractivity contribution in [1.82, 2.24) is 15.5 Å². The second-order valence-electron chi connectivity index (χ2n) is 7.23. The maximum atomic E-state index is 4.38. The van der Waals surface area contributed by atoms with Gasteiger partial charge in [0.1, 0.15) is 0 Å². The summed E-state index contributed by atoms with van der Waals surface area (Å²) < 4.78 is 0. The summed E-state index contributed by atoms with van der Waals surface area (Å²) in [5.74, 6) is 1.80. The first kappa shape index (κ1) is 23.2. The minimum Gasteiger partial charge on any atom is -0.356 e. The van der Waals surface area contributed by atoms with Crippen molar-refractivity contribution in [2.75, 3.05) is 33.2 Å². The van der Waals surface area contributed by atoms with Crippen LogP contribution in [0.1, 0.15) is 45.1 Å². The molecule has 0 saturated carbocycles. The summed E-state index contributed by atoms with van der Waals surface area (Å²) in [6.07, 6.45) is 6.14. The Morgan fingerprint density at radius 3 is 2.54 bits per heavy atom. The van der Waals surface area contributed by atoms with Crippen LogP contribution in [-0.4, -0.2) is 50.1 Å². The van der Waals surface area contributed by atoms with Crippen LogP contribution in [0.3, 0.4) is 0 Å². The molecule has 0 spiro atoms. The first-order valence-corrected chi connectivity index (χ1v) is 9.94. The fourth-order valence-electron chi connectivity index (χ4n) is 3.51. The Morgan fingerprint density at radius 2 is 1.92 bits per heavy atom. The molecule has 1 aliphatic rings. The molecule has 2 N–H and O–H groups in total. The van der Waals surface area contributed by atoms with Crippen molar-refractivity contribution in [3.63, 3.8) is 0 Å². The fourth-order valence-corrected chi connectivity index (χ4v) is 3.51. The van der Waals surface area contributed by atoms with E-state index < -0.39 is 0 Å². The van der Waals surface area contributed by atoms with E-state index >= 15 is 0 Å². The van der Waals surface area contributed by atoms with Gasteiger partial charge in [0.05, 0.1) is 0 Å². The Hall–Kier alpha value is -0.820. The van der Waals surface area contributed by atoms with Gasteiger partial charge >= 0.3 is 0 Å². The van der Waals surface area contributed by atoms with Crippen LogP contribution in [0.15, 0.2) is 35.3 Å². The molecule has 1 aliphatic heterocycles. The summed E-state index contributed by atoms with van der Waals surface area (Å²) in [4.78, 5) is 6.93. The molecule has 0 aliphatic carbocycles. The summed E-state index contributed by atoms with van der Waals surface area (Å²) in [6.45, 7) is 9.24. The third-order valence-electron chi connectivity index (χ3n) is 5.31. The molecular weight excluding hydrogens is 435 g/mol. The van der Waals surface area contributed by atoms with Crippen LogP contribution in [0, 0.1) is 5.92 Å². The van der Waals surface area contributed by atoms with Crippen LogP contribution >= 0.6 is 24.0 Å². The van der Waals surface area contributed by atoms with Crippen LogP contribution in [0.5, 0.6) is 0 Å². The van der Waals surface area contributed by atoms with E-state index in [1.165, 1.54) is 44.5 Å². The van der Waals surface area contributed by atoms with Gasteiger partial charge < -0.3 is 15.5 Å². The molecule has 1 saturated heterocycles. The van der Waals surface area contributed by atoms with Crippen LogP contribution < -0.4 is 10.6 Å².